The predicted molar refractivity (Wildman–Crippen MR) is 62.8 cm³/mol. The summed E-state index contributed by atoms with van der Waals surface area (Å²) < 4.78 is 43.1. The summed E-state index contributed by atoms with van der Waals surface area (Å²) in [6.07, 6.45) is -3.68. The van der Waals surface area contributed by atoms with Gasteiger partial charge in [-0.3, -0.25) is 4.98 Å². The first kappa shape index (κ1) is 13.3. The lowest BCUT2D eigenvalue weighted by Gasteiger charge is -2.12. The Hall–Kier alpha value is -2.11. The topological polar surface area (TPSA) is 39.2 Å². The molecular weight excluding hydrogens is 259 g/mol. The van der Waals surface area contributed by atoms with Crippen molar-refractivity contribution < 1.29 is 22.7 Å². The quantitative estimate of drug-likeness (QED) is 0.745. The molecule has 2 rings (SSSR count). The number of fused-ring (bicyclic) bond motifs is 1. The Morgan fingerprint density at radius 1 is 1.26 bits per heavy atom. The monoisotopic (exact) mass is 269 g/mol. The smallest absolute Gasteiger partial charge is 0.418 e. The molecule has 6 heteroatoms. The van der Waals surface area contributed by atoms with E-state index in [0.29, 0.717) is 5.69 Å². The summed E-state index contributed by atoms with van der Waals surface area (Å²) >= 11 is 0. The number of hydrogen-bond donors (Lipinski definition) is 0. The van der Waals surface area contributed by atoms with Crippen LogP contribution in [0.5, 0.6) is 0 Å². The summed E-state index contributed by atoms with van der Waals surface area (Å²) in [6.45, 7) is 1.59. The maximum atomic E-state index is 12.8. The van der Waals surface area contributed by atoms with Crippen LogP contribution >= 0.6 is 0 Å². The van der Waals surface area contributed by atoms with Gasteiger partial charge in [0.2, 0.25) is 0 Å². The minimum atomic E-state index is -4.48. The standard InChI is InChI=1S/C13H10F3NO2/c1-7-10-5-8(12(18)19-2)3-4-9(10)11(6-17-7)13(14,15)16/h3-6H,1-2H3. The first-order valence-corrected chi connectivity index (χ1v) is 5.39. The minimum absolute atomic E-state index is 0.0210. The zero-order valence-corrected chi connectivity index (χ0v) is 10.2. The van der Waals surface area contributed by atoms with Crippen molar-refractivity contribution in [2.75, 3.05) is 7.11 Å². The molecule has 1 aromatic carbocycles. The van der Waals surface area contributed by atoms with Crippen LogP contribution in [-0.2, 0) is 10.9 Å². The minimum Gasteiger partial charge on any atom is -0.465 e. The number of pyridine rings is 1. The number of benzene rings is 1. The highest BCUT2D eigenvalue weighted by atomic mass is 19.4. The number of halogens is 3. The first-order chi connectivity index (χ1) is 8.84. The number of nitrogens with zero attached hydrogens (tertiary/aromatic N) is 1. The molecule has 1 heterocycles. The number of esters is 1. The summed E-state index contributed by atoms with van der Waals surface area (Å²) in [5.41, 5.74) is -0.197. The molecule has 0 N–H and O–H groups in total. The fraction of sp³-hybridized carbons (Fsp3) is 0.231. The van der Waals surface area contributed by atoms with Gasteiger partial charge in [-0.1, -0.05) is 6.07 Å². The predicted octanol–water partition coefficient (Wildman–Crippen LogP) is 3.35. The lowest BCUT2D eigenvalue weighted by molar-refractivity contribution is -0.136. The van der Waals surface area contributed by atoms with Gasteiger partial charge in [0, 0.05) is 17.3 Å². The summed E-state index contributed by atoms with van der Waals surface area (Å²) in [6, 6.07) is 3.93. The zero-order valence-electron chi connectivity index (χ0n) is 10.2. The van der Waals surface area contributed by atoms with Crippen molar-refractivity contribution in [3.63, 3.8) is 0 Å². The van der Waals surface area contributed by atoms with Crippen molar-refractivity contribution in [1.82, 2.24) is 4.98 Å². The van der Waals surface area contributed by atoms with E-state index in [1.54, 1.807) is 6.92 Å². The number of carbonyl (C=O) groups is 1. The molecule has 3 nitrogen and oxygen atoms in total. The molecule has 1 aromatic heterocycles. The SMILES string of the molecule is COC(=O)c1ccc2c(C(F)(F)F)cnc(C)c2c1. The van der Waals surface area contributed by atoms with Gasteiger partial charge in [-0.2, -0.15) is 13.2 Å². The van der Waals surface area contributed by atoms with Crippen molar-refractivity contribution in [3.05, 3.63) is 41.2 Å². The second-order valence-electron chi connectivity index (χ2n) is 4.01. The van der Waals surface area contributed by atoms with Gasteiger partial charge in [0.25, 0.3) is 0 Å². The number of methoxy groups -OCH3 is 1. The molecule has 0 aliphatic rings. The van der Waals surface area contributed by atoms with Crippen molar-refractivity contribution >= 4 is 16.7 Å². The van der Waals surface area contributed by atoms with Gasteiger partial charge in [0.05, 0.1) is 18.2 Å². The Balaban J connectivity index is 2.74. The summed E-state index contributed by atoms with van der Waals surface area (Å²) in [4.78, 5) is 15.1. The van der Waals surface area contributed by atoms with E-state index in [9.17, 15) is 18.0 Å². The number of rotatable bonds is 1. The number of hydrogen-bond acceptors (Lipinski definition) is 3. The molecule has 0 amide bonds. The average molecular weight is 269 g/mol. The van der Waals surface area contributed by atoms with Crippen molar-refractivity contribution in [2.45, 2.75) is 13.1 Å². The van der Waals surface area contributed by atoms with E-state index in [1.165, 1.54) is 25.3 Å². The molecule has 2 aromatic rings. The lowest BCUT2D eigenvalue weighted by atomic mass is 10.0. The Bertz CT molecular complexity index is 650. The Morgan fingerprint density at radius 3 is 2.53 bits per heavy atom. The maximum absolute atomic E-state index is 12.8. The van der Waals surface area contributed by atoms with Crippen molar-refractivity contribution in [3.8, 4) is 0 Å². The third-order valence-corrected chi connectivity index (χ3v) is 2.81. The number of aromatic nitrogens is 1. The Labute approximate surface area is 107 Å². The van der Waals surface area contributed by atoms with Crippen LogP contribution in [0.1, 0.15) is 21.6 Å². The highest BCUT2D eigenvalue weighted by Crippen LogP contribution is 2.35. The molecule has 0 radical (unpaired) electrons. The molecule has 0 spiro atoms. The third-order valence-electron chi connectivity index (χ3n) is 2.81. The van der Waals surface area contributed by atoms with E-state index < -0.39 is 17.7 Å². The molecule has 100 valence electrons. The van der Waals surface area contributed by atoms with Gasteiger partial charge >= 0.3 is 12.1 Å². The summed E-state index contributed by atoms with van der Waals surface area (Å²) in [7, 11) is 1.21. The van der Waals surface area contributed by atoms with Crippen LogP contribution in [0.3, 0.4) is 0 Å². The molecule has 0 saturated heterocycles. The normalized spacial score (nSPS) is 11.6. The van der Waals surface area contributed by atoms with E-state index in [0.717, 1.165) is 6.20 Å². The van der Waals surface area contributed by atoms with Crippen molar-refractivity contribution in [2.24, 2.45) is 0 Å². The molecule has 0 fully saturated rings. The van der Waals surface area contributed by atoms with E-state index in [1.807, 2.05) is 0 Å². The van der Waals surface area contributed by atoms with Crippen LogP contribution in [0.4, 0.5) is 13.2 Å². The molecule has 0 bridgehead atoms. The van der Waals surface area contributed by atoms with Crippen LogP contribution in [0.2, 0.25) is 0 Å². The highest BCUT2D eigenvalue weighted by Gasteiger charge is 2.33. The Kier molecular flexibility index (Phi) is 3.18. The number of aryl methyl sites for hydroxylation is 1. The van der Waals surface area contributed by atoms with Gasteiger partial charge in [0.15, 0.2) is 0 Å². The molecule has 0 aliphatic heterocycles. The summed E-state index contributed by atoms with van der Waals surface area (Å²) in [5.74, 6) is -0.598. The van der Waals surface area contributed by atoms with Crippen molar-refractivity contribution in [1.29, 1.82) is 0 Å². The molecule has 0 atom stereocenters. The molecule has 0 saturated carbocycles. The Morgan fingerprint density at radius 2 is 1.95 bits per heavy atom. The lowest BCUT2D eigenvalue weighted by Crippen LogP contribution is -2.08. The summed E-state index contributed by atoms with van der Waals surface area (Å²) in [5, 5.41) is 0.311. The maximum Gasteiger partial charge on any atom is 0.418 e. The second kappa shape index (κ2) is 4.53. The largest absolute Gasteiger partial charge is 0.465 e. The van der Waals surface area contributed by atoms with Crippen LogP contribution < -0.4 is 0 Å². The van der Waals surface area contributed by atoms with Crippen LogP contribution in [0.15, 0.2) is 24.4 Å². The molecule has 19 heavy (non-hydrogen) atoms. The average Bonchev–Trinajstić information content (AvgIpc) is 2.36. The van der Waals surface area contributed by atoms with Gasteiger partial charge in [0.1, 0.15) is 0 Å². The third kappa shape index (κ3) is 2.38. The van der Waals surface area contributed by atoms with E-state index >= 15 is 0 Å². The van der Waals surface area contributed by atoms with Crippen LogP contribution in [0, 0.1) is 6.92 Å². The molecular formula is C13H10F3NO2. The highest BCUT2D eigenvalue weighted by molar-refractivity contribution is 5.97. The van der Waals surface area contributed by atoms with Gasteiger partial charge in [-0.05, 0) is 24.4 Å². The zero-order chi connectivity index (χ0) is 14.2. The van der Waals surface area contributed by atoms with Gasteiger partial charge in [-0.15, -0.1) is 0 Å². The number of alkyl halides is 3. The van der Waals surface area contributed by atoms with Gasteiger partial charge < -0.3 is 4.74 Å². The fourth-order valence-electron chi connectivity index (χ4n) is 1.85. The second-order valence-corrected chi connectivity index (χ2v) is 4.01. The molecule has 0 aliphatic carbocycles. The van der Waals surface area contributed by atoms with E-state index in [2.05, 4.69) is 9.72 Å². The fourth-order valence-corrected chi connectivity index (χ4v) is 1.85. The molecule has 0 unspecified atom stereocenters. The number of ether oxygens (including phenoxy) is 1. The van der Waals surface area contributed by atoms with Gasteiger partial charge in [-0.25, -0.2) is 4.79 Å². The van der Waals surface area contributed by atoms with Crippen LogP contribution in [0.25, 0.3) is 10.8 Å². The van der Waals surface area contributed by atoms with Crippen LogP contribution in [-0.4, -0.2) is 18.1 Å². The van der Waals surface area contributed by atoms with E-state index in [4.69, 9.17) is 0 Å². The number of carbonyl (C=O) groups excluding carboxylic acids is 1. The van der Waals surface area contributed by atoms with E-state index in [-0.39, 0.29) is 16.3 Å². The first-order valence-electron chi connectivity index (χ1n) is 5.39.